The van der Waals surface area contributed by atoms with Crippen LogP contribution in [0.4, 0.5) is 5.13 Å². The summed E-state index contributed by atoms with van der Waals surface area (Å²) in [4.78, 5) is 20.9. The highest BCUT2D eigenvalue weighted by atomic mass is 35.5. The zero-order valence-electron chi connectivity index (χ0n) is 15.2. The van der Waals surface area contributed by atoms with Crippen molar-refractivity contribution in [2.75, 3.05) is 24.5 Å². The van der Waals surface area contributed by atoms with Gasteiger partial charge in [-0.25, -0.2) is 4.98 Å². The molecule has 0 saturated heterocycles. The predicted octanol–water partition coefficient (Wildman–Crippen LogP) is 4.48. The number of fused-ring (bicyclic) bond motifs is 1. The maximum Gasteiger partial charge on any atom is 0.261 e. The molecule has 1 unspecified atom stereocenters. The van der Waals surface area contributed by atoms with Gasteiger partial charge in [0.25, 0.3) is 5.91 Å². The molecule has 2 aromatic heterocycles. The van der Waals surface area contributed by atoms with Crippen molar-refractivity contribution < 1.29 is 4.79 Å². The van der Waals surface area contributed by atoms with Crippen LogP contribution in [-0.2, 0) is 0 Å². The third-order valence-electron chi connectivity index (χ3n) is 4.05. The van der Waals surface area contributed by atoms with Gasteiger partial charge in [-0.05, 0) is 25.5 Å². The van der Waals surface area contributed by atoms with Crippen molar-refractivity contribution >= 4 is 68.1 Å². The molecule has 0 aliphatic heterocycles. The Labute approximate surface area is 179 Å². The first-order valence-electron chi connectivity index (χ1n) is 8.36. The number of benzene rings is 1. The highest BCUT2D eigenvalue weighted by Crippen LogP contribution is 2.34. The Hall–Kier alpha value is -1.38. The molecule has 5 nitrogen and oxygen atoms in total. The lowest BCUT2D eigenvalue weighted by Crippen LogP contribution is -2.31. The molecule has 0 fully saturated rings. The fourth-order valence-corrected chi connectivity index (χ4v) is 4.83. The lowest BCUT2D eigenvalue weighted by atomic mass is 10.1. The minimum absolute atomic E-state index is 0. The number of anilines is 1. The number of rotatable bonds is 7. The Morgan fingerprint density at radius 1 is 1.19 bits per heavy atom. The Balaban J connectivity index is 0.00000182. The molecule has 3 aromatic rings. The Bertz CT molecular complexity index is 818. The first-order chi connectivity index (χ1) is 12.1. The van der Waals surface area contributed by atoms with Crippen LogP contribution < -0.4 is 16.0 Å². The number of aromatic nitrogens is 1. The third-order valence-corrected chi connectivity index (χ3v) is 6.27. The number of hydrogen-bond acceptors (Lipinski definition) is 6. The van der Waals surface area contributed by atoms with E-state index in [0.717, 1.165) is 33.3 Å². The van der Waals surface area contributed by atoms with Crippen LogP contribution in [0.25, 0.3) is 9.53 Å². The van der Waals surface area contributed by atoms with Gasteiger partial charge in [0, 0.05) is 25.7 Å². The SMILES string of the molecule is CCN(CC)c1nc2sc(C(=O)NCC(N)c3ccccc3)cc2s1.Cl.Cl. The smallest absolute Gasteiger partial charge is 0.261 e. The van der Waals surface area contributed by atoms with Crippen molar-refractivity contribution in [3.05, 3.63) is 46.8 Å². The summed E-state index contributed by atoms with van der Waals surface area (Å²) in [6.45, 7) is 6.51. The molecule has 148 valence electrons. The second-order valence-corrected chi connectivity index (χ2v) is 7.72. The van der Waals surface area contributed by atoms with Crippen molar-refractivity contribution in [2.24, 2.45) is 5.73 Å². The molecule has 1 atom stereocenters. The van der Waals surface area contributed by atoms with Crippen LogP contribution in [0.5, 0.6) is 0 Å². The van der Waals surface area contributed by atoms with E-state index in [1.807, 2.05) is 36.4 Å². The Kier molecular flexibility index (Phi) is 9.49. The van der Waals surface area contributed by atoms with E-state index in [4.69, 9.17) is 5.73 Å². The quantitative estimate of drug-likeness (QED) is 0.560. The molecule has 3 rings (SSSR count). The molecule has 0 aliphatic carbocycles. The van der Waals surface area contributed by atoms with Crippen LogP contribution in [0, 0.1) is 0 Å². The first kappa shape index (κ1) is 23.7. The summed E-state index contributed by atoms with van der Waals surface area (Å²) in [7, 11) is 0. The number of thiophene rings is 1. The first-order valence-corrected chi connectivity index (χ1v) is 9.99. The summed E-state index contributed by atoms with van der Waals surface area (Å²) >= 11 is 3.07. The van der Waals surface area contributed by atoms with Crippen molar-refractivity contribution in [3.8, 4) is 0 Å². The predicted molar refractivity (Wildman–Crippen MR) is 121 cm³/mol. The van der Waals surface area contributed by atoms with Crippen LogP contribution in [-0.4, -0.2) is 30.5 Å². The average Bonchev–Trinajstić information content (AvgIpc) is 3.20. The molecule has 0 aliphatic rings. The van der Waals surface area contributed by atoms with Crippen LogP contribution in [0.2, 0.25) is 0 Å². The van der Waals surface area contributed by atoms with E-state index in [9.17, 15) is 4.79 Å². The number of carbonyl (C=O) groups is 1. The summed E-state index contributed by atoms with van der Waals surface area (Å²) in [5.41, 5.74) is 7.15. The highest BCUT2D eigenvalue weighted by Gasteiger charge is 2.16. The lowest BCUT2D eigenvalue weighted by Gasteiger charge is -2.16. The summed E-state index contributed by atoms with van der Waals surface area (Å²) in [6.07, 6.45) is 0. The molecule has 0 saturated carbocycles. The molecule has 3 N–H and O–H groups in total. The van der Waals surface area contributed by atoms with Gasteiger partial charge in [-0.1, -0.05) is 41.7 Å². The van der Waals surface area contributed by atoms with E-state index < -0.39 is 0 Å². The van der Waals surface area contributed by atoms with Crippen molar-refractivity contribution in [2.45, 2.75) is 19.9 Å². The topological polar surface area (TPSA) is 71.2 Å². The van der Waals surface area contributed by atoms with E-state index in [-0.39, 0.29) is 36.8 Å². The second-order valence-electron chi connectivity index (χ2n) is 5.68. The van der Waals surface area contributed by atoms with Gasteiger partial charge in [-0.2, -0.15) is 0 Å². The normalized spacial score (nSPS) is 11.4. The van der Waals surface area contributed by atoms with Gasteiger partial charge >= 0.3 is 0 Å². The Morgan fingerprint density at radius 2 is 1.85 bits per heavy atom. The molecule has 0 radical (unpaired) electrons. The maximum absolute atomic E-state index is 12.4. The van der Waals surface area contributed by atoms with E-state index in [0.29, 0.717) is 11.4 Å². The number of thiazole rings is 1. The van der Waals surface area contributed by atoms with Gasteiger partial charge in [0.05, 0.1) is 9.58 Å². The highest BCUT2D eigenvalue weighted by molar-refractivity contribution is 7.29. The number of halogens is 2. The van der Waals surface area contributed by atoms with Crippen LogP contribution in [0.1, 0.15) is 35.1 Å². The number of nitrogens with zero attached hydrogens (tertiary/aromatic N) is 2. The Morgan fingerprint density at radius 3 is 2.44 bits per heavy atom. The number of nitrogens with two attached hydrogens (primary N) is 1. The van der Waals surface area contributed by atoms with Gasteiger partial charge in [-0.3, -0.25) is 4.79 Å². The van der Waals surface area contributed by atoms with Gasteiger partial charge < -0.3 is 16.0 Å². The zero-order valence-corrected chi connectivity index (χ0v) is 18.4. The second kappa shape index (κ2) is 10.8. The monoisotopic (exact) mass is 446 g/mol. The van der Waals surface area contributed by atoms with E-state index in [2.05, 4.69) is 29.0 Å². The fourth-order valence-electron chi connectivity index (χ4n) is 2.57. The zero-order chi connectivity index (χ0) is 17.8. The van der Waals surface area contributed by atoms with Crippen LogP contribution >= 0.6 is 47.5 Å². The van der Waals surface area contributed by atoms with Crippen molar-refractivity contribution in [3.63, 3.8) is 0 Å². The molecule has 2 heterocycles. The molecular weight excluding hydrogens is 423 g/mol. The summed E-state index contributed by atoms with van der Waals surface area (Å²) in [6, 6.07) is 11.5. The van der Waals surface area contributed by atoms with Gasteiger partial charge in [0.15, 0.2) is 5.13 Å². The minimum atomic E-state index is -0.210. The molecule has 0 bridgehead atoms. The van der Waals surface area contributed by atoms with E-state index >= 15 is 0 Å². The molecular formula is C18H24Cl2N4OS2. The van der Waals surface area contributed by atoms with Crippen LogP contribution in [0.3, 0.4) is 0 Å². The summed E-state index contributed by atoms with van der Waals surface area (Å²) in [5.74, 6) is -0.0917. The molecule has 1 amide bonds. The van der Waals surface area contributed by atoms with Crippen molar-refractivity contribution in [1.82, 2.24) is 10.3 Å². The average molecular weight is 447 g/mol. The number of amides is 1. The number of nitrogens with one attached hydrogen (secondary N) is 1. The minimum Gasteiger partial charge on any atom is -0.349 e. The van der Waals surface area contributed by atoms with E-state index in [1.54, 1.807) is 11.3 Å². The van der Waals surface area contributed by atoms with Crippen LogP contribution in [0.15, 0.2) is 36.4 Å². The summed E-state index contributed by atoms with van der Waals surface area (Å²) in [5, 5.41) is 3.94. The number of hydrogen-bond donors (Lipinski definition) is 2. The van der Waals surface area contributed by atoms with Gasteiger partial charge in [0.2, 0.25) is 0 Å². The van der Waals surface area contributed by atoms with Crippen molar-refractivity contribution in [1.29, 1.82) is 0 Å². The molecule has 0 spiro atoms. The van der Waals surface area contributed by atoms with Gasteiger partial charge in [-0.15, -0.1) is 36.2 Å². The maximum atomic E-state index is 12.4. The molecule has 27 heavy (non-hydrogen) atoms. The summed E-state index contributed by atoms with van der Waals surface area (Å²) < 4.78 is 1.06. The third kappa shape index (κ3) is 5.56. The standard InChI is InChI=1S/C18H22N4OS2.2ClH/c1-3-22(4-2)18-21-17-15(25-18)10-14(24-17)16(23)20-11-13(19)12-8-6-5-7-9-12;;/h5-10,13H,3-4,11,19H2,1-2H3,(H,20,23);2*1H. The number of carbonyl (C=O) groups excluding carboxylic acids is 1. The van der Waals surface area contributed by atoms with E-state index in [1.165, 1.54) is 11.3 Å². The molecule has 1 aromatic carbocycles. The fraction of sp³-hybridized carbons (Fsp3) is 0.333. The van der Waals surface area contributed by atoms with Gasteiger partial charge in [0.1, 0.15) is 4.83 Å². The lowest BCUT2D eigenvalue weighted by molar-refractivity contribution is 0.0955. The largest absolute Gasteiger partial charge is 0.349 e. The molecule has 9 heteroatoms.